The van der Waals surface area contributed by atoms with Crippen molar-refractivity contribution in [3.63, 3.8) is 0 Å². The average molecular weight is 398 g/mol. The molecule has 2 aromatic carbocycles. The predicted molar refractivity (Wildman–Crippen MR) is 111 cm³/mol. The Hall–Kier alpha value is -2.83. The second-order valence-electron chi connectivity index (χ2n) is 6.47. The first-order valence-corrected chi connectivity index (χ1v) is 9.40. The van der Waals surface area contributed by atoms with Crippen LogP contribution in [0, 0.1) is 0 Å². The van der Waals surface area contributed by atoms with Crippen LogP contribution in [0.2, 0.25) is 5.02 Å². The van der Waals surface area contributed by atoms with Crippen LogP contribution in [-0.2, 0) is 4.74 Å². The van der Waals surface area contributed by atoms with Crippen LogP contribution in [0.3, 0.4) is 0 Å². The molecule has 1 aromatic heterocycles. The van der Waals surface area contributed by atoms with E-state index in [9.17, 15) is 4.79 Å². The lowest BCUT2D eigenvalue weighted by Crippen LogP contribution is -2.36. The van der Waals surface area contributed by atoms with Gasteiger partial charge in [-0.15, -0.1) is 0 Å². The minimum atomic E-state index is -0.283. The zero-order valence-electron chi connectivity index (χ0n) is 15.4. The van der Waals surface area contributed by atoms with Gasteiger partial charge >= 0.3 is 0 Å². The van der Waals surface area contributed by atoms with Gasteiger partial charge < -0.3 is 19.7 Å². The molecule has 1 aliphatic heterocycles. The topological polar surface area (TPSA) is 63.7 Å². The summed E-state index contributed by atoms with van der Waals surface area (Å²) in [5, 5.41) is 4.43. The van der Waals surface area contributed by atoms with Crippen molar-refractivity contribution < 1.29 is 14.3 Å². The molecule has 2 heterocycles. The van der Waals surface area contributed by atoms with Gasteiger partial charge in [0.05, 0.1) is 37.2 Å². The quantitative estimate of drug-likeness (QED) is 0.721. The summed E-state index contributed by atoms with van der Waals surface area (Å²) in [5.41, 5.74) is 2.65. The van der Waals surface area contributed by atoms with E-state index in [0.29, 0.717) is 29.6 Å². The summed E-state index contributed by atoms with van der Waals surface area (Å²) in [6.45, 7) is 2.85. The number of hydrogen-bond acceptors (Lipinski definition) is 5. The van der Waals surface area contributed by atoms with E-state index in [1.807, 2.05) is 36.4 Å². The molecule has 4 rings (SSSR count). The van der Waals surface area contributed by atoms with Gasteiger partial charge in [0, 0.05) is 23.5 Å². The van der Waals surface area contributed by atoms with E-state index in [-0.39, 0.29) is 5.91 Å². The second-order valence-corrected chi connectivity index (χ2v) is 6.91. The van der Waals surface area contributed by atoms with Gasteiger partial charge in [0.2, 0.25) is 0 Å². The van der Waals surface area contributed by atoms with Gasteiger partial charge in [-0.2, -0.15) is 0 Å². The Morgan fingerprint density at radius 1 is 1.14 bits per heavy atom. The number of ether oxygens (including phenoxy) is 2. The van der Waals surface area contributed by atoms with Crippen LogP contribution in [0.4, 0.5) is 11.4 Å². The summed E-state index contributed by atoms with van der Waals surface area (Å²) in [6, 6.07) is 14.6. The number of anilines is 2. The molecule has 0 bridgehead atoms. The van der Waals surface area contributed by atoms with Gasteiger partial charge in [-0.05, 0) is 42.5 Å². The maximum atomic E-state index is 12.8. The van der Waals surface area contributed by atoms with Crippen molar-refractivity contribution in [2.24, 2.45) is 0 Å². The van der Waals surface area contributed by atoms with E-state index in [2.05, 4.69) is 15.2 Å². The zero-order valence-corrected chi connectivity index (χ0v) is 16.2. The number of benzene rings is 2. The van der Waals surface area contributed by atoms with Gasteiger partial charge in [0.15, 0.2) is 0 Å². The Balaban J connectivity index is 1.61. The van der Waals surface area contributed by atoms with Crippen LogP contribution in [0.1, 0.15) is 10.5 Å². The lowest BCUT2D eigenvalue weighted by atomic mass is 10.2. The molecule has 0 saturated carbocycles. The van der Waals surface area contributed by atoms with E-state index >= 15 is 0 Å². The maximum Gasteiger partial charge on any atom is 0.274 e. The molecule has 0 unspecified atom stereocenters. The van der Waals surface area contributed by atoms with Gasteiger partial charge in [-0.1, -0.05) is 17.7 Å². The molecule has 3 aromatic rings. The largest absolute Gasteiger partial charge is 0.497 e. The minimum absolute atomic E-state index is 0.283. The SMILES string of the molecule is COc1ccc2nc(C(=O)Nc3cc(Cl)ccc3N3CCOCC3)ccc2c1. The number of morpholine rings is 1. The number of pyridine rings is 1. The number of methoxy groups -OCH3 is 1. The predicted octanol–water partition coefficient (Wildman–Crippen LogP) is 3.99. The van der Waals surface area contributed by atoms with Crippen molar-refractivity contribution in [3.05, 3.63) is 59.2 Å². The second kappa shape index (κ2) is 8.04. The Morgan fingerprint density at radius 3 is 2.75 bits per heavy atom. The summed E-state index contributed by atoms with van der Waals surface area (Å²) < 4.78 is 10.6. The third-order valence-electron chi connectivity index (χ3n) is 4.69. The third kappa shape index (κ3) is 3.88. The Morgan fingerprint density at radius 2 is 1.96 bits per heavy atom. The molecule has 0 radical (unpaired) electrons. The molecule has 0 atom stereocenters. The first-order chi connectivity index (χ1) is 13.6. The fourth-order valence-electron chi connectivity index (χ4n) is 3.23. The highest BCUT2D eigenvalue weighted by atomic mass is 35.5. The number of nitrogens with zero attached hydrogens (tertiary/aromatic N) is 2. The monoisotopic (exact) mass is 397 g/mol. The summed E-state index contributed by atoms with van der Waals surface area (Å²) in [5.74, 6) is 0.468. The highest BCUT2D eigenvalue weighted by molar-refractivity contribution is 6.31. The van der Waals surface area contributed by atoms with Crippen molar-refractivity contribution in [2.45, 2.75) is 0 Å². The Bertz CT molecular complexity index is 1020. The van der Waals surface area contributed by atoms with Crippen LogP contribution in [0.5, 0.6) is 5.75 Å². The first kappa shape index (κ1) is 18.5. The number of carbonyl (C=O) groups excluding carboxylic acids is 1. The summed E-state index contributed by atoms with van der Waals surface area (Å²) >= 11 is 6.17. The van der Waals surface area contributed by atoms with Crippen LogP contribution in [0.25, 0.3) is 10.9 Å². The van der Waals surface area contributed by atoms with Crippen molar-refractivity contribution in [1.29, 1.82) is 0 Å². The lowest BCUT2D eigenvalue weighted by molar-refractivity contribution is 0.102. The number of rotatable bonds is 4. The molecule has 1 saturated heterocycles. The van der Waals surface area contributed by atoms with Gasteiger partial charge in [0.1, 0.15) is 11.4 Å². The minimum Gasteiger partial charge on any atom is -0.497 e. The van der Waals surface area contributed by atoms with E-state index in [4.69, 9.17) is 21.1 Å². The maximum absolute atomic E-state index is 12.8. The first-order valence-electron chi connectivity index (χ1n) is 9.02. The summed E-state index contributed by atoms with van der Waals surface area (Å²) in [7, 11) is 1.62. The number of amides is 1. The van der Waals surface area contributed by atoms with Crippen molar-refractivity contribution in [1.82, 2.24) is 4.98 Å². The van der Waals surface area contributed by atoms with Crippen LogP contribution >= 0.6 is 11.6 Å². The van der Waals surface area contributed by atoms with Crippen molar-refractivity contribution in [2.75, 3.05) is 43.6 Å². The molecule has 7 heteroatoms. The summed E-state index contributed by atoms with van der Waals surface area (Å²) in [4.78, 5) is 19.5. The smallest absolute Gasteiger partial charge is 0.274 e. The molecule has 1 fully saturated rings. The average Bonchev–Trinajstić information content (AvgIpc) is 2.73. The zero-order chi connectivity index (χ0) is 19.5. The molecular weight excluding hydrogens is 378 g/mol. The highest BCUT2D eigenvalue weighted by Crippen LogP contribution is 2.30. The third-order valence-corrected chi connectivity index (χ3v) is 4.92. The van der Waals surface area contributed by atoms with Gasteiger partial charge in [0.25, 0.3) is 5.91 Å². The Labute approximate surface area is 168 Å². The molecule has 28 heavy (non-hydrogen) atoms. The number of halogens is 1. The van der Waals surface area contributed by atoms with E-state index in [1.54, 1.807) is 19.2 Å². The standard InChI is InChI=1S/C21H20ClN3O3/c1-27-16-4-6-17-14(12-16)2-5-18(23-17)21(26)24-19-13-15(22)3-7-20(19)25-8-10-28-11-9-25/h2-7,12-13H,8-11H2,1H3,(H,24,26). The highest BCUT2D eigenvalue weighted by Gasteiger charge is 2.18. The van der Waals surface area contributed by atoms with Crippen molar-refractivity contribution >= 4 is 39.8 Å². The van der Waals surface area contributed by atoms with E-state index in [0.717, 1.165) is 35.4 Å². The number of aromatic nitrogens is 1. The molecular formula is C21H20ClN3O3. The van der Waals surface area contributed by atoms with E-state index < -0.39 is 0 Å². The van der Waals surface area contributed by atoms with Crippen molar-refractivity contribution in [3.8, 4) is 5.75 Å². The molecule has 0 spiro atoms. The Kier molecular flexibility index (Phi) is 5.32. The number of hydrogen-bond donors (Lipinski definition) is 1. The van der Waals surface area contributed by atoms with Crippen LogP contribution < -0.4 is 15.0 Å². The molecule has 0 aliphatic carbocycles. The van der Waals surface area contributed by atoms with Gasteiger partial charge in [-0.25, -0.2) is 4.98 Å². The molecule has 1 amide bonds. The lowest BCUT2D eigenvalue weighted by Gasteiger charge is -2.30. The van der Waals surface area contributed by atoms with Crippen LogP contribution in [0.15, 0.2) is 48.5 Å². The number of carbonyl (C=O) groups is 1. The fourth-order valence-corrected chi connectivity index (χ4v) is 3.40. The van der Waals surface area contributed by atoms with Crippen LogP contribution in [-0.4, -0.2) is 44.3 Å². The molecule has 1 N–H and O–H groups in total. The fraction of sp³-hybridized carbons (Fsp3) is 0.238. The number of nitrogens with one attached hydrogen (secondary N) is 1. The summed E-state index contributed by atoms with van der Waals surface area (Å²) in [6.07, 6.45) is 0. The molecule has 144 valence electrons. The number of fused-ring (bicyclic) bond motifs is 1. The molecule has 6 nitrogen and oxygen atoms in total. The van der Waals surface area contributed by atoms with E-state index in [1.165, 1.54) is 0 Å². The normalized spacial score (nSPS) is 14.1. The molecule has 1 aliphatic rings. The van der Waals surface area contributed by atoms with Gasteiger partial charge in [-0.3, -0.25) is 4.79 Å².